The summed E-state index contributed by atoms with van der Waals surface area (Å²) in [4.78, 5) is 25.8. The Hall–Kier alpha value is -2.69. The average molecular weight is 298 g/mol. The maximum absolute atomic E-state index is 12.9. The monoisotopic (exact) mass is 298 g/mol. The molecular formula is C17H15FN2O2. The van der Waals surface area contributed by atoms with Crippen molar-refractivity contribution in [2.24, 2.45) is 0 Å². The highest BCUT2D eigenvalue weighted by Gasteiger charge is 2.31. The van der Waals surface area contributed by atoms with Crippen molar-refractivity contribution in [3.63, 3.8) is 0 Å². The molecule has 0 bridgehead atoms. The molecule has 0 aromatic heterocycles. The third kappa shape index (κ3) is 2.98. The van der Waals surface area contributed by atoms with E-state index >= 15 is 0 Å². The molecular weight excluding hydrogens is 283 g/mol. The molecule has 1 N–H and O–H groups in total. The van der Waals surface area contributed by atoms with Crippen LogP contribution in [0.15, 0.2) is 54.6 Å². The summed E-state index contributed by atoms with van der Waals surface area (Å²) in [6.45, 7) is 0.440. The van der Waals surface area contributed by atoms with Crippen LogP contribution in [0.2, 0.25) is 0 Å². The van der Waals surface area contributed by atoms with Crippen LogP contribution >= 0.6 is 0 Å². The van der Waals surface area contributed by atoms with Gasteiger partial charge in [-0.25, -0.2) is 4.39 Å². The van der Waals surface area contributed by atoms with Crippen LogP contribution in [-0.2, 0) is 4.79 Å². The van der Waals surface area contributed by atoms with E-state index < -0.39 is 0 Å². The van der Waals surface area contributed by atoms with Crippen LogP contribution in [0.25, 0.3) is 0 Å². The van der Waals surface area contributed by atoms with Crippen LogP contribution in [0.4, 0.5) is 10.1 Å². The van der Waals surface area contributed by atoms with Crippen LogP contribution in [0.1, 0.15) is 16.8 Å². The first kappa shape index (κ1) is 14.3. The van der Waals surface area contributed by atoms with Crippen molar-refractivity contribution in [2.45, 2.75) is 12.5 Å². The molecule has 1 fully saturated rings. The lowest BCUT2D eigenvalue weighted by Gasteiger charge is -2.17. The molecule has 1 atom stereocenters. The maximum atomic E-state index is 12.9. The topological polar surface area (TPSA) is 49.4 Å². The van der Waals surface area contributed by atoms with Gasteiger partial charge in [-0.05, 0) is 36.4 Å². The molecule has 5 heteroatoms. The maximum Gasteiger partial charge on any atom is 0.251 e. The minimum atomic E-state index is -0.386. The summed E-state index contributed by atoms with van der Waals surface area (Å²) < 4.78 is 12.9. The van der Waals surface area contributed by atoms with Gasteiger partial charge >= 0.3 is 0 Å². The molecule has 0 saturated carbocycles. The fraction of sp³-hybridized carbons (Fsp3) is 0.176. The molecule has 0 unspecified atom stereocenters. The van der Waals surface area contributed by atoms with Gasteiger partial charge in [-0.2, -0.15) is 0 Å². The molecule has 2 aromatic carbocycles. The van der Waals surface area contributed by atoms with Gasteiger partial charge in [0.25, 0.3) is 5.91 Å². The first-order valence-electron chi connectivity index (χ1n) is 7.05. The van der Waals surface area contributed by atoms with Gasteiger partial charge in [0.05, 0.1) is 6.04 Å². The summed E-state index contributed by atoms with van der Waals surface area (Å²) in [7, 11) is 0. The van der Waals surface area contributed by atoms with Crippen LogP contribution in [0, 0.1) is 5.82 Å². The number of amides is 2. The molecule has 0 spiro atoms. The van der Waals surface area contributed by atoms with Crippen molar-refractivity contribution in [1.82, 2.24) is 5.32 Å². The second-order valence-corrected chi connectivity index (χ2v) is 5.22. The Kier molecular flexibility index (Phi) is 3.87. The normalized spacial score (nSPS) is 17.6. The number of rotatable bonds is 3. The Labute approximate surface area is 127 Å². The lowest BCUT2D eigenvalue weighted by molar-refractivity contribution is -0.117. The van der Waals surface area contributed by atoms with E-state index in [1.165, 1.54) is 24.3 Å². The fourth-order valence-electron chi connectivity index (χ4n) is 2.53. The highest BCUT2D eigenvalue weighted by atomic mass is 19.1. The number of carbonyl (C=O) groups is 2. The lowest BCUT2D eigenvalue weighted by atomic mass is 10.2. The minimum absolute atomic E-state index is 0.0180. The van der Waals surface area contributed by atoms with Gasteiger partial charge in [-0.3, -0.25) is 9.59 Å². The zero-order valence-electron chi connectivity index (χ0n) is 11.8. The number of hydrogen-bond donors (Lipinski definition) is 1. The Morgan fingerprint density at radius 2 is 1.77 bits per heavy atom. The first-order chi connectivity index (χ1) is 10.6. The van der Waals surface area contributed by atoms with Crippen LogP contribution in [0.3, 0.4) is 0 Å². The van der Waals surface area contributed by atoms with E-state index in [-0.39, 0.29) is 30.1 Å². The van der Waals surface area contributed by atoms with Gasteiger partial charge in [0.15, 0.2) is 0 Å². The van der Waals surface area contributed by atoms with Gasteiger partial charge in [0, 0.05) is 24.2 Å². The molecule has 2 aromatic rings. The number of nitrogens with zero attached hydrogens (tertiary/aromatic N) is 1. The summed E-state index contributed by atoms with van der Waals surface area (Å²) in [5.74, 6) is -0.703. The number of benzene rings is 2. The summed E-state index contributed by atoms with van der Waals surface area (Å²) in [5.41, 5.74) is 1.21. The fourth-order valence-corrected chi connectivity index (χ4v) is 2.53. The highest BCUT2D eigenvalue weighted by Crippen LogP contribution is 2.21. The van der Waals surface area contributed by atoms with Crippen LogP contribution in [-0.4, -0.2) is 24.4 Å². The second-order valence-electron chi connectivity index (χ2n) is 5.22. The van der Waals surface area contributed by atoms with E-state index in [4.69, 9.17) is 0 Å². The predicted molar refractivity (Wildman–Crippen MR) is 81.1 cm³/mol. The van der Waals surface area contributed by atoms with Crippen molar-refractivity contribution in [1.29, 1.82) is 0 Å². The van der Waals surface area contributed by atoms with Gasteiger partial charge in [0.2, 0.25) is 5.91 Å². The molecule has 1 aliphatic rings. The van der Waals surface area contributed by atoms with E-state index in [0.29, 0.717) is 12.1 Å². The number of hydrogen-bond acceptors (Lipinski definition) is 2. The summed E-state index contributed by atoms with van der Waals surface area (Å²) in [6.07, 6.45) is 0.266. The Bertz CT molecular complexity index is 686. The number of anilines is 1. The zero-order valence-corrected chi connectivity index (χ0v) is 11.8. The van der Waals surface area contributed by atoms with E-state index in [1.54, 1.807) is 4.90 Å². The van der Waals surface area contributed by atoms with Crippen molar-refractivity contribution in [3.8, 4) is 0 Å². The summed E-state index contributed by atoms with van der Waals surface area (Å²) >= 11 is 0. The quantitative estimate of drug-likeness (QED) is 0.945. The van der Waals surface area contributed by atoms with Crippen molar-refractivity contribution < 1.29 is 14.0 Å². The third-order valence-corrected chi connectivity index (χ3v) is 3.63. The van der Waals surface area contributed by atoms with E-state index in [2.05, 4.69) is 5.32 Å². The summed E-state index contributed by atoms with van der Waals surface area (Å²) in [6, 6.07) is 14.4. The van der Waals surface area contributed by atoms with Gasteiger partial charge in [-0.15, -0.1) is 0 Å². The van der Waals surface area contributed by atoms with E-state index in [1.807, 2.05) is 30.3 Å². The molecule has 1 heterocycles. The smallest absolute Gasteiger partial charge is 0.251 e. The molecule has 22 heavy (non-hydrogen) atoms. The molecule has 2 amide bonds. The average Bonchev–Trinajstić information content (AvgIpc) is 2.89. The van der Waals surface area contributed by atoms with Crippen LogP contribution < -0.4 is 10.2 Å². The molecule has 4 nitrogen and oxygen atoms in total. The van der Waals surface area contributed by atoms with Gasteiger partial charge < -0.3 is 10.2 Å². The number of para-hydroxylation sites is 1. The first-order valence-corrected chi connectivity index (χ1v) is 7.05. The number of carbonyl (C=O) groups excluding carboxylic acids is 2. The molecule has 1 saturated heterocycles. The lowest BCUT2D eigenvalue weighted by Crippen LogP contribution is -2.37. The highest BCUT2D eigenvalue weighted by molar-refractivity contribution is 5.98. The van der Waals surface area contributed by atoms with Gasteiger partial charge in [0.1, 0.15) is 5.82 Å². The SMILES string of the molecule is O=C(N[C@@H]1CC(=O)N(c2ccccc2)C1)c1ccc(F)cc1. The Balaban J connectivity index is 1.66. The predicted octanol–water partition coefficient (Wildman–Crippen LogP) is 2.36. The number of nitrogens with one attached hydrogen (secondary N) is 1. The van der Waals surface area contributed by atoms with Crippen molar-refractivity contribution in [2.75, 3.05) is 11.4 Å². The molecule has 1 aliphatic heterocycles. The molecule has 3 rings (SSSR count). The standard InChI is InChI=1S/C17H15FN2O2/c18-13-8-6-12(7-9-13)17(22)19-14-10-16(21)20(11-14)15-4-2-1-3-5-15/h1-9,14H,10-11H2,(H,19,22)/t14-/m1/s1. The largest absolute Gasteiger partial charge is 0.347 e. The van der Waals surface area contributed by atoms with E-state index in [0.717, 1.165) is 5.69 Å². The Morgan fingerprint density at radius 3 is 2.45 bits per heavy atom. The molecule has 0 radical (unpaired) electrons. The third-order valence-electron chi connectivity index (χ3n) is 3.63. The molecule has 0 aliphatic carbocycles. The van der Waals surface area contributed by atoms with Gasteiger partial charge in [-0.1, -0.05) is 18.2 Å². The Morgan fingerprint density at radius 1 is 1.09 bits per heavy atom. The molecule has 112 valence electrons. The van der Waals surface area contributed by atoms with Crippen LogP contribution in [0.5, 0.6) is 0 Å². The van der Waals surface area contributed by atoms with E-state index in [9.17, 15) is 14.0 Å². The van der Waals surface area contributed by atoms with Crippen molar-refractivity contribution >= 4 is 17.5 Å². The summed E-state index contributed by atoms with van der Waals surface area (Å²) in [5, 5.41) is 2.82. The minimum Gasteiger partial charge on any atom is -0.347 e. The second kappa shape index (κ2) is 5.97. The zero-order chi connectivity index (χ0) is 15.5. The van der Waals surface area contributed by atoms with Crippen molar-refractivity contribution in [3.05, 3.63) is 66.0 Å². The number of halogens is 1.